The first-order chi connectivity index (χ1) is 8.08. The van der Waals surface area contributed by atoms with E-state index in [0.29, 0.717) is 10.2 Å². The van der Waals surface area contributed by atoms with Gasteiger partial charge in [-0.15, -0.1) is 0 Å². The Labute approximate surface area is 112 Å². The number of hydrogen-bond acceptors (Lipinski definition) is 3. The van der Waals surface area contributed by atoms with Gasteiger partial charge in [-0.2, -0.15) is 11.3 Å². The van der Waals surface area contributed by atoms with Crippen LogP contribution in [0.15, 0.2) is 33.4 Å². The molecule has 0 saturated carbocycles. The van der Waals surface area contributed by atoms with Gasteiger partial charge in [-0.25, -0.2) is 4.39 Å². The summed E-state index contributed by atoms with van der Waals surface area (Å²) in [6, 6.07) is 5.16. The molecule has 1 heterocycles. The second kappa shape index (κ2) is 5.06. The number of nitrogens with two attached hydrogens (primary N) is 1. The largest absolute Gasteiger partial charge is 0.397 e. The average molecular weight is 315 g/mol. The van der Waals surface area contributed by atoms with Crippen LogP contribution in [0, 0.1) is 5.82 Å². The fourth-order valence-electron chi connectivity index (χ4n) is 1.53. The third-order valence-electron chi connectivity index (χ3n) is 2.51. The Hall–Kier alpha value is -1.07. The Kier molecular flexibility index (Phi) is 3.69. The highest BCUT2D eigenvalue weighted by molar-refractivity contribution is 9.10. The normalized spacial score (nSPS) is 12.4. The van der Waals surface area contributed by atoms with Gasteiger partial charge in [-0.05, 0) is 51.3 Å². The van der Waals surface area contributed by atoms with Crippen molar-refractivity contribution in [3.8, 4) is 0 Å². The summed E-state index contributed by atoms with van der Waals surface area (Å²) in [7, 11) is 0. The summed E-state index contributed by atoms with van der Waals surface area (Å²) >= 11 is 4.80. The van der Waals surface area contributed by atoms with E-state index in [9.17, 15) is 4.39 Å². The van der Waals surface area contributed by atoms with Crippen molar-refractivity contribution < 1.29 is 4.39 Å². The molecule has 5 heteroatoms. The molecule has 0 aliphatic carbocycles. The monoisotopic (exact) mass is 314 g/mol. The average Bonchev–Trinajstić information content (AvgIpc) is 2.79. The van der Waals surface area contributed by atoms with Crippen LogP contribution in [0.2, 0.25) is 0 Å². The molecule has 1 atom stereocenters. The van der Waals surface area contributed by atoms with Crippen LogP contribution in [0.3, 0.4) is 0 Å². The zero-order chi connectivity index (χ0) is 12.4. The van der Waals surface area contributed by atoms with Crippen molar-refractivity contribution in [2.45, 2.75) is 13.0 Å². The van der Waals surface area contributed by atoms with Crippen LogP contribution in [0.4, 0.5) is 15.8 Å². The highest BCUT2D eigenvalue weighted by Crippen LogP contribution is 2.30. The van der Waals surface area contributed by atoms with E-state index in [1.165, 1.54) is 11.6 Å². The van der Waals surface area contributed by atoms with Gasteiger partial charge in [0.2, 0.25) is 0 Å². The predicted octanol–water partition coefficient (Wildman–Crippen LogP) is 4.41. The summed E-state index contributed by atoms with van der Waals surface area (Å²) in [5.74, 6) is -0.351. The lowest BCUT2D eigenvalue weighted by molar-refractivity contribution is 0.622. The molecule has 2 rings (SSSR count). The molecule has 0 saturated heterocycles. The zero-order valence-corrected chi connectivity index (χ0v) is 11.6. The third kappa shape index (κ3) is 2.79. The highest BCUT2D eigenvalue weighted by atomic mass is 79.9. The number of anilines is 2. The molecular weight excluding hydrogens is 303 g/mol. The van der Waals surface area contributed by atoms with E-state index in [1.807, 2.05) is 12.3 Å². The first kappa shape index (κ1) is 12.4. The van der Waals surface area contributed by atoms with Gasteiger partial charge in [0.25, 0.3) is 0 Å². The van der Waals surface area contributed by atoms with Crippen LogP contribution in [0.25, 0.3) is 0 Å². The number of benzene rings is 1. The number of halogens is 2. The Morgan fingerprint density at radius 3 is 2.88 bits per heavy atom. The van der Waals surface area contributed by atoms with Crippen LogP contribution in [-0.2, 0) is 0 Å². The van der Waals surface area contributed by atoms with E-state index in [-0.39, 0.29) is 11.9 Å². The molecule has 90 valence electrons. The number of thiophene rings is 1. The molecule has 1 aromatic carbocycles. The van der Waals surface area contributed by atoms with E-state index in [4.69, 9.17) is 5.73 Å². The maximum Gasteiger partial charge on any atom is 0.139 e. The molecule has 1 aromatic heterocycles. The fourth-order valence-corrected chi connectivity index (χ4v) is 2.62. The van der Waals surface area contributed by atoms with Crippen LogP contribution in [0.5, 0.6) is 0 Å². The zero-order valence-electron chi connectivity index (χ0n) is 9.21. The van der Waals surface area contributed by atoms with E-state index in [0.717, 1.165) is 5.69 Å². The van der Waals surface area contributed by atoms with Gasteiger partial charge in [-0.3, -0.25) is 0 Å². The minimum atomic E-state index is -0.351. The van der Waals surface area contributed by atoms with Crippen LogP contribution >= 0.6 is 27.3 Å². The molecule has 0 spiro atoms. The van der Waals surface area contributed by atoms with Crippen molar-refractivity contribution in [2.75, 3.05) is 11.1 Å². The number of hydrogen-bond donors (Lipinski definition) is 2. The molecule has 2 aromatic rings. The van der Waals surface area contributed by atoms with Gasteiger partial charge in [0, 0.05) is 12.1 Å². The molecule has 2 nitrogen and oxygen atoms in total. The molecule has 0 bridgehead atoms. The molecule has 0 radical (unpaired) electrons. The fraction of sp³-hybridized carbons (Fsp3) is 0.167. The van der Waals surface area contributed by atoms with Gasteiger partial charge in [-0.1, -0.05) is 0 Å². The molecule has 0 aliphatic heterocycles. The summed E-state index contributed by atoms with van der Waals surface area (Å²) < 4.78 is 13.6. The van der Waals surface area contributed by atoms with E-state index < -0.39 is 0 Å². The Morgan fingerprint density at radius 1 is 1.47 bits per heavy atom. The van der Waals surface area contributed by atoms with Gasteiger partial charge >= 0.3 is 0 Å². The van der Waals surface area contributed by atoms with Gasteiger partial charge < -0.3 is 11.1 Å². The first-order valence-corrected chi connectivity index (χ1v) is 6.84. The smallest absolute Gasteiger partial charge is 0.139 e. The molecule has 0 fully saturated rings. The van der Waals surface area contributed by atoms with Gasteiger partial charge in [0.05, 0.1) is 15.8 Å². The van der Waals surface area contributed by atoms with E-state index in [2.05, 4.69) is 32.7 Å². The quantitative estimate of drug-likeness (QED) is 0.824. The lowest BCUT2D eigenvalue weighted by Gasteiger charge is -2.16. The molecular formula is C12H12BrFN2S. The minimum Gasteiger partial charge on any atom is -0.397 e. The van der Waals surface area contributed by atoms with Gasteiger partial charge in [0.1, 0.15) is 5.82 Å². The number of rotatable bonds is 3. The number of nitrogens with one attached hydrogen (secondary N) is 1. The Balaban J connectivity index is 2.22. The second-order valence-electron chi connectivity index (χ2n) is 3.78. The van der Waals surface area contributed by atoms with Crippen LogP contribution in [-0.4, -0.2) is 0 Å². The third-order valence-corrected chi connectivity index (χ3v) is 3.82. The summed E-state index contributed by atoms with van der Waals surface area (Å²) in [6.45, 7) is 2.04. The molecule has 1 unspecified atom stereocenters. The predicted molar refractivity (Wildman–Crippen MR) is 74.9 cm³/mol. The standard InChI is InChI=1S/C12H12BrFN2S/c1-7(8-2-3-17-6-8)16-12-4-9(13)10(14)5-11(12)15/h2-7,16H,15H2,1H3. The van der Waals surface area contributed by atoms with E-state index in [1.54, 1.807) is 17.4 Å². The van der Waals surface area contributed by atoms with Crippen LogP contribution < -0.4 is 11.1 Å². The maximum absolute atomic E-state index is 13.2. The van der Waals surface area contributed by atoms with Crippen molar-refractivity contribution in [3.63, 3.8) is 0 Å². The Bertz CT molecular complexity index is 513. The first-order valence-electron chi connectivity index (χ1n) is 5.11. The van der Waals surface area contributed by atoms with Crippen molar-refractivity contribution in [2.24, 2.45) is 0 Å². The topological polar surface area (TPSA) is 38.0 Å². The summed E-state index contributed by atoms with van der Waals surface area (Å²) in [5.41, 5.74) is 8.10. The highest BCUT2D eigenvalue weighted by Gasteiger charge is 2.10. The lowest BCUT2D eigenvalue weighted by atomic mass is 10.1. The molecule has 17 heavy (non-hydrogen) atoms. The molecule has 0 aliphatic rings. The lowest BCUT2D eigenvalue weighted by Crippen LogP contribution is -2.07. The van der Waals surface area contributed by atoms with Gasteiger partial charge in [0.15, 0.2) is 0 Å². The van der Waals surface area contributed by atoms with Crippen LogP contribution in [0.1, 0.15) is 18.5 Å². The summed E-state index contributed by atoms with van der Waals surface area (Å²) in [5, 5.41) is 7.37. The SMILES string of the molecule is CC(Nc1cc(Br)c(F)cc1N)c1ccsc1. The summed E-state index contributed by atoms with van der Waals surface area (Å²) in [6.07, 6.45) is 0. The summed E-state index contributed by atoms with van der Waals surface area (Å²) in [4.78, 5) is 0. The molecule has 3 N–H and O–H groups in total. The van der Waals surface area contributed by atoms with Crippen molar-refractivity contribution in [3.05, 3.63) is 44.8 Å². The van der Waals surface area contributed by atoms with Crippen molar-refractivity contribution >= 4 is 38.6 Å². The Morgan fingerprint density at radius 2 is 2.24 bits per heavy atom. The number of nitrogen functional groups attached to an aromatic ring is 1. The van der Waals surface area contributed by atoms with E-state index >= 15 is 0 Å². The van der Waals surface area contributed by atoms with Crippen molar-refractivity contribution in [1.82, 2.24) is 0 Å². The minimum absolute atomic E-state index is 0.140. The second-order valence-corrected chi connectivity index (χ2v) is 5.41. The molecule has 0 amide bonds. The maximum atomic E-state index is 13.2. The van der Waals surface area contributed by atoms with Crippen molar-refractivity contribution in [1.29, 1.82) is 0 Å².